The van der Waals surface area contributed by atoms with E-state index in [0.717, 1.165) is 5.92 Å². The molecule has 1 atom stereocenters. The molecule has 1 radical (unpaired) electrons. The van der Waals surface area contributed by atoms with Crippen molar-refractivity contribution in [3.63, 3.8) is 0 Å². The Kier molecular flexibility index (Phi) is 6.68. The van der Waals surface area contributed by atoms with E-state index in [1.807, 2.05) is 0 Å². The minimum absolute atomic E-state index is 0.761. The van der Waals surface area contributed by atoms with Crippen molar-refractivity contribution in [3.05, 3.63) is 18.6 Å². The van der Waals surface area contributed by atoms with Crippen LogP contribution in [0.1, 0.15) is 40.0 Å². The van der Waals surface area contributed by atoms with Crippen LogP contribution in [-0.2, 0) is 0 Å². The average Bonchev–Trinajstić information content (AvgIpc) is 1.98. The third-order valence-corrected chi connectivity index (χ3v) is 1.73. The highest BCUT2D eigenvalue weighted by Crippen LogP contribution is 2.03. The van der Waals surface area contributed by atoms with Crippen LogP contribution < -0.4 is 0 Å². The van der Waals surface area contributed by atoms with Crippen LogP contribution in [0.25, 0.3) is 0 Å². The quantitative estimate of drug-likeness (QED) is 0.403. The largest absolute Gasteiger partial charge is 0.0883 e. The Hall–Kier alpha value is -0.260. The second-order valence-electron chi connectivity index (χ2n) is 2.80. The van der Waals surface area contributed by atoms with Crippen molar-refractivity contribution in [2.75, 3.05) is 0 Å². The molecule has 0 saturated heterocycles. The van der Waals surface area contributed by atoms with E-state index >= 15 is 0 Å². The maximum Gasteiger partial charge on any atom is -0.0265 e. The monoisotopic (exact) mass is 139 g/mol. The van der Waals surface area contributed by atoms with Gasteiger partial charge in [0.15, 0.2) is 0 Å². The number of hydrogen-bond donors (Lipinski definition) is 0. The summed E-state index contributed by atoms with van der Waals surface area (Å²) in [5.41, 5.74) is 0. The van der Waals surface area contributed by atoms with Gasteiger partial charge in [-0.2, -0.15) is 0 Å². The van der Waals surface area contributed by atoms with Crippen molar-refractivity contribution in [2.24, 2.45) is 5.92 Å². The van der Waals surface area contributed by atoms with Crippen molar-refractivity contribution in [1.29, 1.82) is 0 Å². The fraction of sp³-hybridized carbons (Fsp3) is 0.700. The van der Waals surface area contributed by atoms with Gasteiger partial charge in [0.2, 0.25) is 0 Å². The van der Waals surface area contributed by atoms with Gasteiger partial charge in [-0.05, 0) is 25.2 Å². The third-order valence-electron chi connectivity index (χ3n) is 1.73. The summed E-state index contributed by atoms with van der Waals surface area (Å²) in [6.45, 7) is 6.59. The number of unbranched alkanes of at least 4 members (excludes halogenated alkanes) is 2. The van der Waals surface area contributed by atoms with Gasteiger partial charge >= 0.3 is 0 Å². The molecule has 0 bridgehead atoms. The molecule has 1 unspecified atom stereocenters. The summed E-state index contributed by atoms with van der Waals surface area (Å²) in [5, 5.41) is 0. The lowest BCUT2D eigenvalue weighted by Crippen LogP contribution is -1.83. The molecule has 0 aliphatic heterocycles. The van der Waals surface area contributed by atoms with E-state index in [0.29, 0.717) is 0 Å². The Balaban J connectivity index is 3.18. The SMILES string of the molecule is C[CH]CCC=CC(C)CC. The molecule has 10 heavy (non-hydrogen) atoms. The number of rotatable bonds is 5. The molecule has 0 fully saturated rings. The zero-order valence-corrected chi connectivity index (χ0v) is 7.43. The summed E-state index contributed by atoms with van der Waals surface area (Å²) in [7, 11) is 0. The van der Waals surface area contributed by atoms with E-state index < -0.39 is 0 Å². The van der Waals surface area contributed by atoms with E-state index in [2.05, 4.69) is 39.3 Å². The Labute approximate surface area is 65.3 Å². The minimum atomic E-state index is 0.761. The summed E-state index contributed by atoms with van der Waals surface area (Å²) < 4.78 is 0. The lowest BCUT2D eigenvalue weighted by atomic mass is 10.1. The Morgan fingerprint density at radius 2 is 2.00 bits per heavy atom. The highest BCUT2D eigenvalue weighted by atomic mass is 13.9. The van der Waals surface area contributed by atoms with Crippen molar-refractivity contribution in [3.8, 4) is 0 Å². The summed E-state index contributed by atoms with van der Waals surface area (Å²) >= 11 is 0. The first-order valence-electron chi connectivity index (χ1n) is 4.25. The van der Waals surface area contributed by atoms with Crippen LogP contribution in [0.4, 0.5) is 0 Å². The first kappa shape index (κ1) is 9.74. The fourth-order valence-corrected chi connectivity index (χ4v) is 0.728. The first-order chi connectivity index (χ1) is 4.81. The third kappa shape index (κ3) is 5.87. The Bertz CT molecular complexity index is 82.0. The van der Waals surface area contributed by atoms with E-state index in [1.54, 1.807) is 0 Å². The molecule has 0 aromatic rings. The van der Waals surface area contributed by atoms with Gasteiger partial charge in [-0.1, -0.05) is 39.3 Å². The van der Waals surface area contributed by atoms with Gasteiger partial charge in [0.1, 0.15) is 0 Å². The zero-order chi connectivity index (χ0) is 7.82. The Morgan fingerprint density at radius 3 is 2.50 bits per heavy atom. The first-order valence-corrected chi connectivity index (χ1v) is 4.25. The van der Waals surface area contributed by atoms with E-state index in [1.165, 1.54) is 19.3 Å². The average molecular weight is 139 g/mol. The zero-order valence-electron chi connectivity index (χ0n) is 7.43. The molecule has 0 aliphatic rings. The summed E-state index contributed by atoms with van der Waals surface area (Å²) in [4.78, 5) is 0. The number of hydrogen-bond acceptors (Lipinski definition) is 0. The second kappa shape index (κ2) is 6.85. The van der Waals surface area contributed by atoms with Crippen LogP contribution in [0.2, 0.25) is 0 Å². The number of allylic oxidation sites excluding steroid dienone is 2. The van der Waals surface area contributed by atoms with Gasteiger partial charge in [0.05, 0.1) is 0 Å². The molecule has 0 heterocycles. The predicted octanol–water partition coefficient (Wildman–Crippen LogP) is 3.59. The highest BCUT2D eigenvalue weighted by molar-refractivity contribution is 4.86. The van der Waals surface area contributed by atoms with Crippen LogP contribution in [0.3, 0.4) is 0 Å². The van der Waals surface area contributed by atoms with Crippen molar-refractivity contribution < 1.29 is 0 Å². The van der Waals surface area contributed by atoms with E-state index in [-0.39, 0.29) is 0 Å². The predicted molar refractivity (Wildman–Crippen MR) is 47.8 cm³/mol. The van der Waals surface area contributed by atoms with Crippen molar-refractivity contribution in [2.45, 2.75) is 40.0 Å². The summed E-state index contributed by atoms with van der Waals surface area (Å²) in [6, 6.07) is 0. The smallest absolute Gasteiger partial charge is 0.0265 e. The van der Waals surface area contributed by atoms with E-state index in [4.69, 9.17) is 0 Å². The molecule has 0 amide bonds. The van der Waals surface area contributed by atoms with Crippen LogP contribution in [-0.4, -0.2) is 0 Å². The molecule has 0 spiro atoms. The molecule has 0 saturated carbocycles. The maximum atomic E-state index is 2.31. The van der Waals surface area contributed by atoms with Gasteiger partial charge < -0.3 is 0 Å². The van der Waals surface area contributed by atoms with E-state index in [9.17, 15) is 0 Å². The molecule has 0 aromatic heterocycles. The van der Waals surface area contributed by atoms with Gasteiger partial charge in [0, 0.05) is 0 Å². The van der Waals surface area contributed by atoms with Crippen molar-refractivity contribution in [1.82, 2.24) is 0 Å². The molecule has 0 nitrogen and oxygen atoms in total. The molecule has 0 heteroatoms. The molecular weight excluding hydrogens is 120 g/mol. The lowest BCUT2D eigenvalue weighted by molar-refractivity contribution is 0.694. The Morgan fingerprint density at radius 1 is 1.30 bits per heavy atom. The minimum Gasteiger partial charge on any atom is -0.0883 e. The van der Waals surface area contributed by atoms with Crippen molar-refractivity contribution >= 4 is 0 Å². The van der Waals surface area contributed by atoms with Gasteiger partial charge in [0.25, 0.3) is 0 Å². The standard InChI is InChI=1S/C10H19/c1-4-6-7-8-9-10(3)5-2/h4,8-10H,5-7H2,1-3H3. The molecule has 59 valence electrons. The fourth-order valence-electron chi connectivity index (χ4n) is 0.728. The lowest BCUT2D eigenvalue weighted by Gasteiger charge is -1.98. The summed E-state index contributed by atoms with van der Waals surface area (Å²) in [6.07, 6.45) is 10.5. The molecule has 0 N–H and O–H groups in total. The highest BCUT2D eigenvalue weighted by Gasteiger charge is 1.88. The topological polar surface area (TPSA) is 0 Å². The van der Waals surface area contributed by atoms with Crippen LogP contribution in [0, 0.1) is 12.3 Å². The molecule has 0 aliphatic carbocycles. The second-order valence-corrected chi connectivity index (χ2v) is 2.80. The van der Waals surface area contributed by atoms with Gasteiger partial charge in [-0.15, -0.1) is 0 Å². The summed E-state index contributed by atoms with van der Waals surface area (Å²) in [5.74, 6) is 0.761. The van der Waals surface area contributed by atoms with Gasteiger partial charge in [-0.25, -0.2) is 0 Å². The maximum absolute atomic E-state index is 2.31. The molecule has 0 aromatic carbocycles. The van der Waals surface area contributed by atoms with Crippen LogP contribution in [0.15, 0.2) is 12.2 Å². The van der Waals surface area contributed by atoms with Crippen LogP contribution >= 0.6 is 0 Å². The van der Waals surface area contributed by atoms with Crippen LogP contribution in [0.5, 0.6) is 0 Å². The normalized spacial score (nSPS) is 14.3. The van der Waals surface area contributed by atoms with Gasteiger partial charge in [-0.3, -0.25) is 0 Å². The molecular formula is C10H19. The molecule has 0 rings (SSSR count).